The first kappa shape index (κ1) is 17.1. The van der Waals surface area contributed by atoms with Crippen LogP contribution in [0.4, 0.5) is 0 Å². The molecule has 1 atom stereocenters. The van der Waals surface area contributed by atoms with Crippen LogP contribution in [0.1, 0.15) is 37.7 Å². The second-order valence-corrected chi connectivity index (χ2v) is 7.19. The number of nitrogens with zero attached hydrogens (tertiary/aromatic N) is 1. The van der Waals surface area contributed by atoms with Gasteiger partial charge in [0.1, 0.15) is 11.9 Å². The van der Waals surface area contributed by atoms with Gasteiger partial charge >= 0.3 is 0 Å². The lowest BCUT2D eigenvalue weighted by molar-refractivity contribution is -0.154. The highest BCUT2D eigenvalue weighted by Crippen LogP contribution is 2.31. The molecule has 1 fully saturated rings. The van der Waals surface area contributed by atoms with Gasteiger partial charge in [0.05, 0.1) is 25.0 Å². The summed E-state index contributed by atoms with van der Waals surface area (Å²) >= 11 is 6.08. The molecule has 1 aromatic carbocycles. The highest BCUT2D eigenvalue weighted by molar-refractivity contribution is 6.30. The van der Waals surface area contributed by atoms with Crippen molar-refractivity contribution >= 4 is 17.5 Å². The number of halogens is 1. The molecule has 0 bridgehead atoms. The van der Waals surface area contributed by atoms with Crippen LogP contribution < -0.4 is 0 Å². The molecule has 128 valence electrons. The summed E-state index contributed by atoms with van der Waals surface area (Å²) in [6.07, 6.45) is 2.53. The summed E-state index contributed by atoms with van der Waals surface area (Å²) in [7, 11) is 0. The van der Waals surface area contributed by atoms with E-state index in [1.54, 1.807) is 6.26 Å². The molecule has 24 heavy (non-hydrogen) atoms. The molecule has 0 aliphatic carbocycles. The van der Waals surface area contributed by atoms with Crippen LogP contribution in [0.5, 0.6) is 0 Å². The molecule has 1 unspecified atom stereocenters. The molecule has 5 heteroatoms. The lowest BCUT2D eigenvalue weighted by Gasteiger charge is -2.45. The van der Waals surface area contributed by atoms with E-state index in [0.29, 0.717) is 31.0 Å². The van der Waals surface area contributed by atoms with E-state index in [2.05, 4.69) is 0 Å². The summed E-state index contributed by atoms with van der Waals surface area (Å²) < 4.78 is 11.3. The molecule has 1 aliphatic heterocycles. The Kier molecular flexibility index (Phi) is 4.97. The van der Waals surface area contributed by atoms with Crippen LogP contribution in [-0.2, 0) is 16.0 Å². The molecule has 0 radical (unpaired) electrons. The Hall–Kier alpha value is -1.78. The van der Waals surface area contributed by atoms with Crippen molar-refractivity contribution in [2.45, 2.75) is 38.3 Å². The fraction of sp³-hybridized carbons (Fsp3) is 0.421. The minimum Gasteiger partial charge on any atom is -0.469 e. The fourth-order valence-electron chi connectivity index (χ4n) is 3.02. The lowest BCUT2D eigenvalue weighted by Crippen LogP contribution is -2.56. The second kappa shape index (κ2) is 6.99. The SMILES string of the molecule is CC1(C)COC(c2cccc(Cl)c2)CN1C(=O)CCc1ccco1. The van der Waals surface area contributed by atoms with E-state index >= 15 is 0 Å². The normalized spacial score (nSPS) is 20.1. The molecule has 1 amide bonds. The number of amides is 1. The molecular weight excluding hydrogens is 326 g/mol. The number of carbonyl (C=O) groups excluding carboxylic acids is 1. The number of furan rings is 1. The van der Waals surface area contributed by atoms with Gasteiger partial charge < -0.3 is 14.1 Å². The first-order chi connectivity index (χ1) is 11.5. The molecule has 0 saturated carbocycles. The smallest absolute Gasteiger partial charge is 0.223 e. The van der Waals surface area contributed by atoms with Crippen LogP contribution in [0.15, 0.2) is 47.1 Å². The summed E-state index contributed by atoms with van der Waals surface area (Å²) in [5.74, 6) is 0.951. The Balaban J connectivity index is 1.70. The van der Waals surface area contributed by atoms with Crippen molar-refractivity contribution < 1.29 is 13.9 Å². The van der Waals surface area contributed by atoms with Crippen LogP contribution in [-0.4, -0.2) is 29.5 Å². The van der Waals surface area contributed by atoms with Crippen molar-refractivity contribution in [1.82, 2.24) is 4.90 Å². The van der Waals surface area contributed by atoms with Crippen LogP contribution in [0, 0.1) is 0 Å². The maximum Gasteiger partial charge on any atom is 0.223 e. The van der Waals surface area contributed by atoms with Crippen molar-refractivity contribution in [3.05, 3.63) is 59.0 Å². The monoisotopic (exact) mass is 347 g/mol. The summed E-state index contributed by atoms with van der Waals surface area (Å²) in [6, 6.07) is 11.4. The Morgan fingerprint density at radius 3 is 2.88 bits per heavy atom. The van der Waals surface area contributed by atoms with Gasteiger partial charge in [-0.2, -0.15) is 0 Å². The number of ether oxygens (including phenoxy) is 1. The number of morpholine rings is 1. The van der Waals surface area contributed by atoms with Crippen LogP contribution >= 0.6 is 11.6 Å². The Bertz CT molecular complexity index is 696. The maximum atomic E-state index is 12.8. The zero-order valence-corrected chi connectivity index (χ0v) is 14.8. The van der Waals surface area contributed by atoms with E-state index in [1.165, 1.54) is 0 Å². The molecule has 1 saturated heterocycles. The largest absolute Gasteiger partial charge is 0.469 e. The highest BCUT2D eigenvalue weighted by atomic mass is 35.5. The first-order valence-corrected chi connectivity index (χ1v) is 8.53. The van der Waals surface area contributed by atoms with E-state index < -0.39 is 0 Å². The minimum atomic E-state index is -0.324. The zero-order chi connectivity index (χ0) is 17.2. The lowest BCUT2D eigenvalue weighted by atomic mass is 9.97. The predicted molar refractivity (Wildman–Crippen MR) is 93.0 cm³/mol. The van der Waals surface area contributed by atoms with Crippen molar-refractivity contribution in [1.29, 1.82) is 0 Å². The van der Waals surface area contributed by atoms with Crippen molar-refractivity contribution in [2.75, 3.05) is 13.2 Å². The van der Waals surface area contributed by atoms with Gasteiger partial charge in [-0.05, 0) is 43.7 Å². The van der Waals surface area contributed by atoms with Gasteiger partial charge in [-0.1, -0.05) is 23.7 Å². The molecule has 1 aromatic heterocycles. The molecule has 0 N–H and O–H groups in total. The summed E-state index contributed by atoms with van der Waals surface area (Å²) in [5.41, 5.74) is 0.678. The first-order valence-electron chi connectivity index (χ1n) is 8.16. The zero-order valence-electron chi connectivity index (χ0n) is 14.0. The third-order valence-corrected chi connectivity index (χ3v) is 4.64. The summed E-state index contributed by atoms with van der Waals surface area (Å²) in [5, 5.41) is 0.677. The third-order valence-electron chi connectivity index (χ3n) is 4.40. The number of carbonyl (C=O) groups is 1. The van der Waals surface area contributed by atoms with Gasteiger partial charge in [-0.15, -0.1) is 0 Å². The van der Waals surface area contributed by atoms with Gasteiger partial charge in [-0.25, -0.2) is 0 Å². The van der Waals surface area contributed by atoms with Crippen molar-refractivity contribution in [3.63, 3.8) is 0 Å². The maximum absolute atomic E-state index is 12.8. The minimum absolute atomic E-state index is 0.117. The van der Waals surface area contributed by atoms with Crippen LogP contribution in [0.25, 0.3) is 0 Å². The molecule has 0 spiro atoms. The highest BCUT2D eigenvalue weighted by Gasteiger charge is 2.38. The number of benzene rings is 1. The van der Waals surface area contributed by atoms with Crippen molar-refractivity contribution in [2.24, 2.45) is 0 Å². The Morgan fingerprint density at radius 2 is 2.17 bits per heavy atom. The molecule has 2 aromatic rings. The van der Waals surface area contributed by atoms with Crippen molar-refractivity contribution in [3.8, 4) is 0 Å². The van der Waals surface area contributed by atoms with Gasteiger partial charge in [0.25, 0.3) is 0 Å². The molecule has 4 nitrogen and oxygen atoms in total. The van der Waals surface area contributed by atoms with Gasteiger partial charge in [0, 0.05) is 17.9 Å². The standard InChI is InChI=1S/C19H22ClNO3/c1-19(2)13-24-17(14-5-3-6-15(20)11-14)12-21(19)18(22)9-8-16-7-4-10-23-16/h3-7,10-11,17H,8-9,12-13H2,1-2H3. The van der Waals surface area contributed by atoms with E-state index in [4.69, 9.17) is 20.8 Å². The van der Waals surface area contributed by atoms with Gasteiger partial charge in [0.2, 0.25) is 5.91 Å². The topological polar surface area (TPSA) is 42.7 Å². The molecule has 2 heterocycles. The average Bonchev–Trinajstić information content (AvgIpc) is 3.06. The van der Waals surface area contributed by atoms with Gasteiger partial charge in [0.15, 0.2) is 0 Å². The average molecular weight is 348 g/mol. The Labute approximate surface area is 147 Å². The van der Waals surface area contributed by atoms with E-state index in [-0.39, 0.29) is 17.6 Å². The Morgan fingerprint density at radius 1 is 1.33 bits per heavy atom. The molecular formula is C19H22ClNO3. The van der Waals surface area contributed by atoms with Crippen LogP contribution in [0.3, 0.4) is 0 Å². The van der Waals surface area contributed by atoms with E-state index in [1.807, 2.05) is 55.1 Å². The molecule has 3 rings (SSSR count). The number of aryl methyl sites for hydroxylation is 1. The summed E-state index contributed by atoms with van der Waals surface area (Å²) in [4.78, 5) is 14.7. The second-order valence-electron chi connectivity index (χ2n) is 6.75. The van der Waals surface area contributed by atoms with Gasteiger partial charge in [-0.3, -0.25) is 4.79 Å². The summed E-state index contributed by atoms with van der Waals surface area (Å²) in [6.45, 7) is 5.10. The van der Waals surface area contributed by atoms with E-state index in [0.717, 1.165) is 11.3 Å². The number of hydrogen-bond acceptors (Lipinski definition) is 3. The fourth-order valence-corrected chi connectivity index (χ4v) is 3.21. The quantitative estimate of drug-likeness (QED) is 0.830. The number of rotatable bonds is 4. The predicted octanol–water partition coefficient (Wildman–Crippen LogP) is 4.24. The van der Waals surface area contributed by atoms with Crippen LogP contribution in [0.2, 0.25) is 5.02 Å². The third kappa shape index (κ3) is 3.82. The number of hydrogen-bond donors (Lipinski definition) is 0. The molecule has 1 aliphatic rings. The van der Waals surface area contributed by atoms with E-state index in [9.17, 15) is 4.79 Å².